The highest BCUT2D eigenvalue weighted by Gasteiger charge is 2.20. The van der Waals surface area contributed by atoms with Crippen molar-refractivity contribution in [2.24, 2.45) is 0 Å². The standard InChI is InChI=1S/C11H13N3O2S2/c12-8-1-3-9(4-2-8)13-11(17)14-10-5-6-18(15,16)7-10/h1-5H,6-7,12H2,(H2,13,14,17). The predicted molar refractivity (Wildman–Crippen MR) is 76.9 cm³/mol. The highest BCUT2D eigenvalue weighted by Crippen LogP contribution is 2.12. The Hall–Kier alpha value is -1.60. The van der Waals surface area contributed by atoms with Crippen molar-refractivity contribution in [3.05, 3.63) is 36.0 Å². The second kappa shape index (κ2) is 4.95. The van der Waals surface area contributed by atoms with Crippen LogP contribution in [0.1, 0.15) is 0 Å². The van der Waals surface area contributed by atoms with Gasteiger partial charge in [-0.05, 0) is 42.6 Å². The Morgan fingerprint density at radius 2 is 1.89 bits per heavy atom. The maximum Gasteiger partial charge on any atom is 0.175 e. The maximum absolute atomic E-state index is 11.2. The van der Waals surface area contributed by atoms with E-state index in [1.807, 2.05) is 0 Å². The Morgan fingerprint density at radius 3 is 2.44 bits per heavy atom. The van der Waals surface area contributed by atoms with E-state index in [9.17, 15) is 8.42 Å². The molecule has 18 heavy (non-hydrogen) atoms. The fourth-order valence-corrected chi connectivity index (χ4v) is 3.03. The Balaban J connectivity index is 1.92. The summed E-state index contributed by atoms with van der Waals surface area (Å²) in [7, 11) is -2.98. The molecule has 0 aromatic heterocycles. The number of anilines is 2. The fraction of sp³-hybridized carbons (Fsp3) is 0.182. The minimum absolute atomic E-state index is 0.0105. The molecule has 0 aliphatic carbocycles. The summed E-state index contributed by atoms with van der Waals surface area (Å²) in [5, 5.41) is 6.19. The second-order valence-electron chi connectivity index (χ2n) is 3.99. The van der Waals surface area contributed by atoms with Crippen LogP contribution in [0.2, 0.25) is 0 Å². The lowest BCUT2D eigenvalue weighted by Crippen LogP contribution is -2.29. The van der Waals surface area contributed by atoms with Crippen molar-refractivity contribution in [1.82, 2.24) is 5.32 Å². The molecule has 1 heterocycles. The molecule has 0 radical (unpaired) electrons. The summed E-state index contributed by atoms with van der Waals surface area (Å²) in [4.78, 5) is 0. The minimum Gasteiger partial charge on any atom is -0.399 e. The molecule has 7 heteroatoms. The van der Waals surface area contributed by atoms with Gasteiger partial charge >= 0.3 is 0 Å². The number of nitrogens with two attached hydrogens (primary N) is 1. The number of sulfone groups is 1. The summed E-state index contributed by atoms with van der Waals surface area (Å²) < 4.78 is 22.5. The topological polar surface area (TPSA) is 84.2 Å². The molecule has 0 atom stereocenters. The van der Waals surface area contributed by atoms with Crippen LogP contribution in [0.5, 0.6) is 0 Å². The van der Waals surface area contributed by atoms with Gasteiger partial charge in [-0.3, -0.25) is 0 Å². The van der Waals surface area contributed by atoms with Crippen molar-refractivity contribution in [1.29, 1.82) is 0 Å². The number of hydrogen-bond donors (Lipinski definition) is 3. The Labute approximate surface area is 111 Å². The lowest BCUT2D eigenvalue weighted by Gasteiger charge is -2.10. The molecule has 0 saturated heterocycles. The van der Waals surface area contributed by atoms with Crippen molar-refractivity contribution in [2.75, 3.05) is 22.6 Å². The Morgan fingerprint density at radius 1 is 1.22 bits per heavy atom. The third-order valence-electron chi connectivity index (χ3n) is 2.40. The maximum atomic E-state index is 11.2. The number of hydrogen-bond acceptors (Lipinski definition) is 4. The van der Waals surface area contributed by atoms with Gasteiger partial charge in [-0.15, -0.1) is 0 Å². The smallest absolute Gasteiger partial charge is 0.175 e. The van der Waals surface area contributed by atoms with Gasteiger partial charge in [0.25, 0.3) is 0 Å². The molecule has 96 valence electrons. The highest BCUT2D eigenvalue weighted by atomic mass is 32.2. The minimum atomic E-state index is -2.98. The molecule has 1 aliphatic rings. The molecule has 0 fully saturated rings. The van der Waals surface area contributed by atoms with Crippen molar-refractivity contribution in [3.63, 3.8) is 0 Å². The zero-order chi connectivity index (χ0) is 13.2. The van der Waals surface area contributed by atoms with Crippen LogP contribution in [0, 0.1) is 0 Å². The van der Waals surface area contributed by atoms with Gasteiger partial charge in [0.1, 0.15) is 0 Å². The summed E-state index contributed by atoms with van der Waals surface area (Å²) in [5.74, 6) is 0.0797. The first-order chi connectivity index (χ1) is 8.44. The van der Waals surface area contributed by atoms with E-state index >= 15 is 0 Å². The largest absolute Gasteiger partial charge is 0.399 e. The lowest BCUT2D eigenvalue weighted by atomic mass is 10.3. The molecule has 4 N–H and O–H groups in total. The number of rotatable bonds is 2. The van der Waals surface area contributed by atoms with Gasteiger partial charge in [0.05, 0.1) is 11.5 Å². The first kappa shape index (κ1) is 12.8. The van der Waals surface area contributed by atoms with E-state index in [1.165, 1.54) is 0 Å². The molecule has 0 bridgehead atoms. The normalized spacial score (nSPS) is 17.0. The van der Waals surface area contributed by atoms with Crippen molar-refractivity contribution >= 4 is 38.5 Å². The summed E-state index contributed by atoms with van der Waals surface area (Å²) >= 11 is 5.09. The summed E-state index contributed by atoms with van der Waals surface area (Å²) in [6, 6.07) is 7.10. The van der Waals surface area contributed by atoms with Crippen molar-refractivity contribution in [2.45, 2.75) is 0 Å². The quantitative estimate of drug-likeness (QED) is 0.552. The van der Waals surface area contributed by atoms with Crippen LogP contribution in [-0.2, 0) is 9.84 Å². The Kier molecular flexibility index (Phi) is 3.53. The van der Waals surface area contributed by atoms with E-state index in [1.54, 1.807) is 30.3 Å². The monoisotopic (exact) mass is 283 g/mol. The SMILES string of the molecule is Nc1ccc(NC(=S)NC2=CCS(=O)(=O)C2)cc1. The zero-order valence-corrected chi connectivity index (χ0v) is 11.1. The van der Waals surface area contributed by atoms with Gasteiger partial charge in [0.2, 0.25) is 0 Å². The molecule has 1 aromatic rings. The average Bonchev–Trinajstić information content (AvgIpc) is 2.61. The predicted octanol–water partition coefficient (Wildman–Crippen LogP) is 0.867. The van der Waals surface area contributed by atoms with E-state index in [-0.39, 0.29) is 11.5 Å². The fourth-order valence-electron chi connectivity index (χ4n) is 1.54. The zero-order valence-electron chi connectivity index (χ0n) is 9.51. The van der Waals surface area contributed by atoms with Gasteiger partial charge in [-0.2, -0.15) is 0 Å². The first-order valence-corrected chi connectivity index (χ1v) is 7.50. The molecule has 0 unspecified atom stereocenters. The number of nitrogen functional groups attached to an aromatic ring is 1. The third-order valence-corrected chi connectivity index (χ3v) is 4.03. The van der Waals surface area contributed by atoms with Crippen LogP contribution in [0.3, 0.4) is 0 Å². The molecule has 2 rings (SSSR count). The molecular formula is C11H13N3O2S2. The van der Waals surface area contributed by atoms with Crippen molar-refractivity contribution in [3.8, 4) is 0 Å². The first-order valence-electron chi connectivity index (χ1n) is 5.28. The number of benzene rings is 1. The Bertz CT molecular complexity index is 591. The molecule has 5 nitrogen and oxygen atoms in total. The van der Waals surface area contributed by atoms with Crippen LogP contribution in [0.25, 0.3) is 0 Å². The van der Waals surface area contributed by atoms with Crippen LogP contribution < -0.4 is 16.4 Å². The van der Waals surface area contributed by atoms with Crippen LogP contribution in [0.4, 0.5) is 11.4 Å². The lowest BCUT2D eigenvalue weighted by molar-refractivity contribution is 0.603. The average molecular weight is 283 g/mol. The summed E-state index contributed by atoms with van der Waals surface area (Å²) in [6.45, 7) is 0. The number of nitrogens with one attached hydrogen (secondary N) is 2. The molecule has 1 aliphatic heterocycles. The van der Waals surface area contributed by atoms with E-state index in [4.69, 9.17) is 18.0 Å². The van der Waals surface area contributed by atoms with Gasteiger partial charge in [0.15, 0.2) is 14.9 Å². The molecule has 1 aromatic carbocycles. The van der Waals surface area contributed by atoms with Gasteiger partial charge in [-0.25, -0.2) is 8.42 Å². The molecule has 0 spiro atoms. The molecule has 0 saturated carbocycles. The number of thiocarbonyl (C=S) groups is 1. The van der Waals surface area contributed by atoms with E-state index in [0.29, 0.717) is 16.5 Å². The van der Waals surface area contributed by atoms with Crippen LogP contribution in [0.15, 0.2) is 36.0 Å². The summed E-state index contributed by atoms with van der Waals surface area (Å²) in [5.41, 5.74) is 7.65. The van der Waals surface area contributed by atoms with E-state index < -0.39 is 9.84 Å². The van der Waals surface area contributed by atoms with Gasteiger partial charge in [-0.1, -0.05) is 0 Å². The molecule has 0 amide bonds. The third kappa shape index (κ3) is 3.44. The van der Waals surface area contributed by atoms with Gasteiger partial charge in [0, 0.05) is 17.1 Å². The summed E-state index contributed by atoms with van der Waals surface area (Å²) in [6.07, 6.45) is 1.63. The van der Waals surface area contributed by atoms with E-state index in [0.717, 1.165) is 5.69 Å². The van der Waals surface area contributed by atoms with Gasteiger partial charge < -0.3 is 16.4 Å². The van der Waals surface area contributed by atoms with Crippen molar-refractivity contribution < 1.29 is 8.42 Å². The molecular weight excluding hydrogens is 270 g/mol. The second-order valence-corrected chi connectivity index (χ2v) is 6.50. The van der Waals surface area contributed by atoms with E-state index in [2.05, 4.69) is 10.6 Å². The highest BCUT2D eigenvalue weighted by molar-refractivity contribution is 7.92. The van der Waals surface area contributed by atoms with Crippen LogP contribution >= 0.6 is 12.2 Å². The van der Waals surface area contributed by atoms with Crippen LogP contribution in [-0.4, -0.2) is 25.0 Å².